The highest BCUT2D eigenvalue weighted by atomic mass is 17.2. The van der Waals surface area contributed by atoms with Gasteiger partial charge in [-0.15, -0.1) is 0 Å². The number of hydrogen-bond acceptors (Lipinski definition) is 5. The number of esters is 2. The SMILES string of the molecule is CC1C2CCC(C(=O)OC(=O)c3ccccc3C(C)(C)C)C1OO2. The summed E-state index contributed by atoms with van der Waals surface area (Å²) in [5, 5.41) is 0. The second-order valence-electron chi connectivity index (χ2n) is 7.74. The smallest absolute Gasteiger partial charge is 0.346 e. The number of carbonyl (C=O) groups is 2. The zero-order valence-corrected chi connectivity index (χ0v) is 14.6. The summed E-state index contributed by atoms with van der Waals surface area (Å²) < 4.78 is 5.20. The molecule has 4 unspecified atom stereocenters. The average Bonchev–Trinajstić information content (AvgIpc) is 2.75. The predicted octanol–water partition coefficient (Wildman–Crippen LogP) is 3.41. The van der Waals surface area contributed by atoms with Gasteiger partial charge in [0.05, 0.1) is 17.6 Å². The molecule has 0 spiro atoms. The molecule has 1 aromatic carbocycles. The van der Waals surface area contributed by atoms with E-state index < -0.39 is 17.9 Å². The summed E-state index contributed by atoms with van der Waals surface area (Å²) in [6.45, 7) is 8.06. The molecule has 5 nitrogen and oxygen atoms in total. The highest BCUT2D eigenvalue weighted by Gasteiger charge is 2.49. The Kier molecular flexibility index (Phi) is 4.49. The predicted molar refractivity (Wildman–Crippen MR) is 87.2 cm³/mol. The van der Waals surface area contributed by atoms with Crippen molar-refractivity contribution in [1.29, 1.82) is 0 Å². The van der Waals surface area contributed by atoms with Crippen molar-refractivity contribution in [1.82, 2.24) is 0 Å². The zero-order valence-electron chi connectivity index (χ0n) is 14.6. The van der Waals surface area contributed by atoms with Crippen LogP contribution < -0.4 is 0 Å². The summed E-state index contributed by atoms with van der Waals surface area (Å²) in [6.07, 6.45) is 1.06. The normalized spacial score (nSPS) is 29.3. The van der Waals surface area contributed by atoms with Gasteiger partial charge < -0.3 is 4.74 Å². The Balaban J connectivity index is 1.75. The summed E-state index contributed by atoms with van der Waals surface area (Å²) in [5.41, 5.74) is 1.08. The minimum Gasteiger partial charge on any atom is -0.389 e. The molecule has 1 heterocycles. The van der Waals surface area contributed by atoms with Gasteiger partial charge in [-0.25, -0.2) is 14.6 Å². The number of fused-ring (bicyclic) bond motifs is 2. The van der Waals surface area contributed by atoms with Crippen LogP contribution in [-0.2, 0) is 24.7 Å². The van der Waals surface area contributed by atoms with Gasteiger partial charge in [-0.1, -0.05) is 45.9 Å². The third-order valence-corrected chi connectivity index (χ3v) is 5.00. The number of ether oxygens (including phenoxy) is 1. The van der Waals surface area contributed by atoms with Crippen molar-refractivity contribution in [2.45, 2.75) is 58.2 Å². The lowest BCUT2D eigenvalue weighted by Gasteiger charge is -2.28. The molecule has 0 aromatic heterocycles. The molecule has 0 radical (unpaired) electrons. The fourth-order valence-corrected chi connectivity index (χ4v) is 3.56. The Morgan fingerprint density at radius 2 is 1.83 bits per heavy atom. The first-order valence-corrected chi connectivity index (χ1v) is 8.46. The van der Waals surface area contributed by atoms with Crippen molar-refractivity contribution in [2.24, 2.45) is 11.8 Å². The van der Waals surface area contributed by atoms with Crippen LogP contribution in [0.3, 0.4) is 0 Å². The van der Waals surface area contributed by atoms with Crippen molar-refractivity contribution < 1.29 is 24.1 Å². The zero-order chi connectivity index (χ0) is 17.5. The standard InChI is InChI=1S/C19H24O5/c1-11-15-10-9-13(16(11)24-23-15)18(21)22-17(20)12-7-5-6-8-14(12)19(2,3)4/h5-8,11,13,15-16H,9-10H2,1-4H3. The van der Waals surface area contributed by atoms with Gasteiger partial charge in [0.25, 0.3) is 0 Å². The van der Waals surface area contributed by atoms with Gasteiger partial charge in [0.15, 0.2) is 0 Å². The maximum atomic E-state index is 12.5. The molecular weight excluding hydrogens is 308 g/mol. The van der Waals surface area contributed by atoms with Crippen molar-refractivity contribution >= 4 is 11.9 Å². The number of rotatable bonds is 2. The van der Waals surface area contributed by atoms with E-state index in [9.17, 15) is 9.59 Å². The second kappa shape index (κ2) is 6.30. The van der Waals surface area contributed by atoms with Gasteiger partial charge in [0, 0.05) is 5.92 Å². The van der Waals surface area contributed by atoms with Crippen LogP contribution in [0.2, 0.25) is 0 Å². The summed E-state index contributed by atoms with van der Waals surface area (Å²) in [5.74, 6) is -1.44. The van der Waals surface area contributed by atoms with Crippen LogP contribution in [0, 0.1) is 11.8 Å². The Hall–Kier alpha value is -1.72. The van der Waals surface area contributed by atoms with Crippen LogP contribution in [0.15, 0.2) is 24.3 Å². The third-order valence-electron chi connectivity index (χ3n) is 5.00. The molecule has 0 N–H and O–H groups in total. The third kappa shape index (κ3) is 3.10. The van der Waals surface area contributed by atoms with E-state index in [1.54, 1.807) is 12.1 Å². The molecule has 2 fully saturated rings. The molecule has 2 aliphatic rings. The number of hydrogen-bond donors (Lipinski definition) is 0. The van der Waals surface area contributed by atoms with Crippen LogP contribution in [0.25, 0.3) is 0 Å². The summed E-state index contributed by atoms with van der Waals surface area (Å²) in [7, 11) is 0. The van der Waals surface area contributed by atoms with Crippen LogP contribution >= 0.6 is 0 Å². The van der Waals surface area contributed by atoms with Crippen molar-refractivity contribution in [3.63, 3.8) is 0 Å². The lowest BCUT2D eigenvalue weighted by Crippen LogP contribution is -2.39. The van der Waals surface area contributed by atoms with E-state index in [-0.39, 0.29) is 23.5 Å². The Bertz CT molecular complexity index is 645. The molecular formula is C19H24O5. The molecule has 0 amide bonds. The van der Waals surface area contributed by atoms with E-state index in [0.29, 0.717) is 12.0 Å². The van der Waals surface area contributed by atoms with E-state index >= 15 is 0 Å². The number of benzene rings is 1. The fourth-order valence-electron chi connectivity index (χ4n) is 3.56. The minimum absolute atomic E-state index is 0.0383. The van der Waals surface area contributed by atoms with Crippen molar-refractivity contribution in [2.75, 3.05) is 0 Å². The summed E-state index contributed by atoms with van der Waals surface area (Å²) in [4.78, 5) is 35.5. The molecule has 4 atom stereocenters. The van der Waals surface area contributed by atoms with E-state index in [1.807, 2.05) is 39.8 Å². The highest BCUT2D eigenvalue weighted by molar-refractivity contribution is 5.98. The maximum absolute atomic E-state index is 12.5. The molecule has 1 aliphatic carbocycles. The molecule has 1 aliphatic heterocycles. The van der Waals surface area contributed by atoms with Crippen LogP contribution in [0.1, 0.15) is 56.5 Å². The molecule has 1 saturated heterocycles. The van der Waals surface area contributed by atoms with Gasteiger partial charge in [-0.05, 0) is 29.9 Å². The van der Waals surface area contributed by atoms with Gasteiger partial charge in [0.1, 0.15) is 6.10 Å². The minimum atomic E-state index is -0.598. The Labute approximate surface area is 142 Å². The molecule has 1 aromatic rings. The summed E-state index contributed by atoms with van der Waals surface area (Å²) >= 11 is 0. The van der Waals surface area contributed by atoms with Gasteiger partial charge in [0.2, 0.25) is 0 Å². The highest BCUT2D eigenvalue weighted by Crippen LogP contribution is 2.40. The first-order valence-electron chi connectivity index (χ1n) is 8.46. The molecule has 3 rings (SSSR count). The lowest BCUT2D eigenvalue weighted by atomic mass is 9.78. The average molecular weight is 332 g/mol. The lowest BCUT2D eigenvalue weighted by molar-refractivity contribution is -0.294. The Morgan fingerprint density at radius 3 is 2.54 bits per heavy atom. The van der Waals surface area contributed by atoms with Crippen LogP contribution in [0.5, 0.6) is 0 Å². The quantitative estimate of drug-likeness (QED) is 0.472. The van der Waals surface area contributed by atoms with Crippen molar-refractivity contribution in [3.05, 3.63) is 35.4 Å². The first kappa shape index (κ1) is 17.1. The molecule has 1 saturated carbocycles. The molecule has 24 heavy (non-hydrogen) atoms. The van der Waals surface area contributed by atoms with E-state index in [4.69, 9.17) is 14.5 Å². The van der Waals surface area contributed by atoms with Crippen LogP contribution in [-0.4, -0.2) is 24.1 Å². The molecule has 5 heteroatoms. The topological polar surface area (TPSA) is 61.8 Å². The second-order valence-corrected chi connectivity index (χ2v) is 7.74. The fraction of sp³-hybridized carbons (Fsp3) is 0.579. The monoisotopic (exact) mass is 332 g/mol. The Morgan fingerprint density at radius 1 is 1.12 bits per heavy atom. The van der Waals surface area contributed by atoms with E-state index in [2.05, 4.69) is 0 Å². The molecule has 2 bridgehead atoms. The maximum Gasteiger partial charge on any atom is 0.346 e. The van der Waals surface area contributed by atoms with Crippen LogP contribution in [0.4, 0.5) is 0 Å². The largest absolute Gasteiger partial charge is 0.389 e. The van der Waals surface area contributed by atoms with E-state index in [0.717, 1.165) is 12.0 Å². The van der Waals surface area contributed by atoms with Gasteiger partial charge >= 0.3 is 11.9 Å². The van der Waals surface area contributed by atoms with Crippen molar-refractivity contribution in [3.8, 4) is 0 Å². The van der Waals surface area contributed by atoms with E-state index in [1.165, 1.54) is 0 Å². The number of carbonyl (C=O) groups excluding carboxylic acids is 2. The summed E-state index contributed by atoms with van der Waals surface area (Å²) in [6, 6.07) is 7.25. The first-order chi connectivity index (χ1) is 11.3. The van der Waals surface area contributed by atoms with Gasteiger partial charge in [-0.3, -0.25) is 4.79 Å². The van der Waals surface area contributed by atoms with Gasteiger partial charge in [-0.2, -0.15) is 0 Å². The molecule has 130 valence electrons.